The standard InChI is InChI=1S/C14H8F2NS/c1-8-4-2-7-11-13(8)17-14(18-11)9-5-3-6-10(15)12(9)16/h2-7H,1H2. The molecule has 0 saturated carbocycles. The summed E-state index contributed by atoms with van der Waals surface area (Å²) in [6.07, 6.45) is 0. The van der Waals surface area contributed by atoms with Crippen molar-refractivity contribution in [3.05, 3.63) is 60.5 Å². The molecule has 0 spiro atoms. The van der Waals surface area contributed by atoms with Crippen LogP contribution >= 0.6 is 11.3 Å². The maximum atomic E-state index is 13.7. The molecular formula is C14H8F2NS. The third kappa shape index (κ3) is 1.69. The predicted molar refractivity (Wildman–Crippen MR) is 69.4 cm³/mol. The minimum atomic E-state index is -0.860. The number of aromatic nitrogens is 1. The first-order chi connectivity index (χ1) is 8.66. The Hall–Kier alpha value is -1.81. The van der Waals surface area contributed by atoms with Gasteiger partial charge in [-0.1, -0.05) is 18.2 Å². The number of thiazole rings is 1. The minimum absolute atomic E-state index is 0.190. The third-order valence-corrected chi connectivity index (χ3v) is 3.74. The molecule has 0 aliphatic rings. The highest BCUT2D eigenvalue weighted by Gasteiger charge is 2.14. The van der Waals surface area contributed by atoms with E-state index in [1.807, 2.05) is 18.2 Å². The summed E-state index contributed by atoms with van der Waals surface area (Å²) >= 11 is 1.33. The van der Waals surface area contributed by atoms with E-state index >= 15 is 0 Å². The van der Waals surface area contributed by atoms with Crippen molar-refractivity contribution in [2.45, 2.75) is 0 Å². The summed E-state index contributed by atoms with van der Waals surface area (Å²) in [5, 5.41) is 0.470. The van der Waals surface area contributed by atoms with Crippen molar-refractivity contribution in [3.63, 3.8) is 0 Å². The fourth-order valence-electron chi connectivity index (χ4n) is 1.79. The lowest BCUT2D eigenvalue weighted by Crippen LogP contribution is -1.88. The average molecular weight is 260 g/mol. The smallest absolute Gasteiger partial charge is 0.169 e. The van der Waals surface area contributed by atoms with Gasteiger partial charge in [0.05, 0.1) is 10.2 Å². The summed E-state index contributed by atoms with van der Waals surface area (Å²) in [7, 11) is 0. The molecule has 1 nitrogen and oxygen atoms in total. The quantitative estimate of drug-likeness (QED) is 0.631. The van der Waals surface area contributed by atoms with Gasteiger partial charge in [-0.2, -0.15) is 0 Å². The zero-order valence-corrected chi connectivity index (χ0v) is 10.1. The highest BCUT2D eigenvalue weighted by atomic mass is 32.1. The topological polar surface area (TPSA) is 12.9 Å². The lowest BCUT2D eigenvalue weighted by molar-refractivity contribution is 0.511. The lowest BCUT2D eigenvalue weighted by Gasteiger charge is -1.98. The van der Waals surface area contributed by atoms with Crippen LogP contribution in [0.5, 0.6) is 0 Å². The van der Waals surface area contributed by atoms with Crippen LogP contribution in [0.2, 0.25) is 0 Å². The van der Waals surface area contributed by atoms with Crippen LogP contribution in [0.15, 0.2) is 36.4 Å². The second-order valence-electron chi connectivity index (χ2n) is 3.88. The highest BCUT2D eigenvalue weighted by molar-refractivity contribution is 7.21. The molecule has 0 atom stereocenters. The molecule has 3 aromatic rings. The first-order valence-corrected chi connectivity index (χ1v) is 6.14. The number of halogens is 2. The summed E-state index contributed by atoms with van der Waals surface area (Å²) in [4.78, 5) is 4.33. The summed E-state index contributed by atoms with van der Waals surface area (Å²) < 4.78 is 27.8. The highest BCUT2D eigenvalue weighted by Crippen LogP contribution is 2.33. The molecule has 1 aromatic heterocycles. The molecule has 18 heavy (non-hydrogen) atoms. The number of benzene rings is 2. The van der Waals surface area contributed by atoms with Gasteiger partial charge < -0.3 is 0 Å². The van der Waals surface area contributed by atoms with E-state index in [4.69, 9.17) is 0 Å². The SMILES string of the molecule is [CH2]c1cccc2sc(-c3cccc(F)c3F)nc12. The molecule has 4 heteroatoms. The largest absolute Gasteiger partial charge is 0.236 e. The molecule has 0 aliphatic carbocycles. The van der Waals surface area contributed by atoms with Crippen LogP contribution in [0, 0.1) is 18.6 Å². The molecule has 89 valence electrons. The van der Waals surface area contributed by atoms with E-state index in [0.29, 0.717) is 5.01 Å². The zero-order chi connectivity index (χ0) is 12.7. The molecule has 1 heterocycles. The fourth-order valence-corrected chi connectivity index (χ4v) is 2.82. The van der Waals surface area contributed by atoms with Crippen molar-refractivity contribution in [2.24, 2.45) is 0 Å². The van der Waals surface area contributed by atoms with Gasteiger partial charge in [-0.15, -0.1) is 11.3 Å². The first kappa shape index (κ1) is 11.3. The summed E-state index contributed by atoms with van der Waals surface area (Å²) in [5.41, 5.74) is 1.71. The Kier molecular flexibility index (Phi) is 2.59. The van der Waals surface area contributed by atoms with Crippen LogP contribution in [0.3, 0.4) is 0 Å². The van der Waals surface area contributed by atoms with E-state index in [0.717, 1.165) is 21.8 Å². The van der Waals surface area contributed by atoms with Gasteiger partial charge in [0.25, 0.3) is 0 Å². The number of rotatable bonds is 1. The minimum Gasteiger partial charge on any atom is -0.236 e. The molecule has 2 aromatic carbocycles. The van der Waals surface area contributed by atoms with Crippen LogP contribution in [0.1, 0.15) is 5.56 Å². The third-order valence-electron chi connectivity index (χ3n) is 2.68. The van der Waals surface area contributed by atoms with E-state index < -0.39 is 11.6 Å². The Morgan fingerprint density at radius 3 is 2.61 bits per heavy atom. The van der Waals surface area contributed by atoms with Crippen LogP contribution in [0.4, 0.5) is 8.78 Å². The second-order valence-corrected chi connectivity index (χ2v) is 4.91. The lowest BCUT2D eigenvalue weighted by atomic mass is 10.2. The maximum Gasteiger partial charge on any atom is 0.169 e. The molecule has 1 radical (unpaired) electrons. The van der Waals surface area contributed by atoms with Crippen molar-refractivity contribution in [1.29, 1.82) is 0 Å². The van der Waals surface area contributed by atoms with Gasteiger partial charge in [-0.25, -0.2) is 13.8 Å². The molecule has 0 amide bonds. The van der Waals surface area contributed by atoms with Crippen molar-refractivity contribution < 1.29 is 8.78 Å². The average Bonchev–Trinajstić information content (AvgIpc) is 2.78. The number of nitrogens with zero attached hydrogens (tertiary/aromatic N) is 1. The Bertz CT molecular complexity index is 734. The number of hydrogen-bond acceptors (Lipinski definition) is 2. The van der Waals surface area contributed by atoms with Crippen molar-refractivity contribution >= 4 is 21.6 Å². The van der Waals surface area contributed by atoms with Crippen LogP contribution in [0.25, 0.3) is 20.8 Å². The van der Waals surface area contributed by atoms with Gasteiger partial charge in [0.15, 0.2) is 11.6 Å². The van der Waals surface area contributed by atoms with Crippen molar-refractivity contribution in [1.82, 2.24) is 4.98 Å². The van der Waals surface area contributed by atoms with Gasteiger partial charge >= 0.3 is 0 Å². The van der Waals surface area contributed by atoms with Gasteiger partial charge in [0.1, 0.15) is 5.01 Å². The van der Waals surface area contributed by atoms with Gasteiger partial charge in [0.2, 0.25) is 0 Å². The first-order valence-electron chi connectivity index (χ1n) is 5.33. The predicted octanol–water partition coefficient (Wildman–Crippen LogP) is 4.42. The molecule has 0 unspecified atom stereocenters. The van der Waals surface area contributed by atoms with Gasteiger partial charge in [-0.05, 0) is 30.7 Å². The molecule has 0 N–H and O–H groups in total. The Labute approximate surface area is 107 Å². The Balaban J connectivity index is 2.26. The molecular weight excluding hydrogens is 252 g/mol. The van der Waals surface area contributed by atoms with E-state index in [1.54, 1.807) is 0 Å². The van der Waals surface area contributed by atoms with Crippen molar-refractivity contribution in [2.75, 3.05) is 0 Å². The van der Waals surface area contributed by atoms with E-state index in [1.165, 1.54) is 23.5 Å². The summed E-state index contributed by atoms with van der Waals surface area (Å²) in [5.74, 6) is -1.72. The number of para-hydroxylation sites is 1. The normalized spacial score (nSPS) is 11.1. The molecule has 0 fully saturated rings. The molecule has 0 aliphatic heterocycles. The maximum absolute atomic E-state index is 13.7. The Morgan fingerprint density at radius 2 is 1.83 bits per heavy atom. The van der Waals surface area contributed by atoms with Crippen LogP contribution < -0.4 is 0 Å². The molecule has 0 saturated heterocycles. The monoisotopic (exact) mass is 260 g/mol. The Morgan fingerprint density at radius 1 is 1.06 bits per heavy atom. The van der Waals surface area contributed by atoms with Crippen LogP contribution in [-0.4, -0.2) is 4.98 Å². The van der Waals surface area contributed by atoms with Gasteiger partial charge in [-0.3, -0.25) is 0 Å². The van der Waals surface area contributed by atoms with Crippen molar-refractivity contribution in [3.8, 4) is 10.6 Å². The summed E-state index contributed by atoms with van der Waals surface area (Å²) in [6.45, 7) is 3.87. The summed E-state index contributed by atoms with van der Waals surface area (Å²) in [6, 6.07) is 9.70. The molecule has 3 rings (SSSR count). The van der Waals surface area contributed by atoms with E-state index in [9.17, 15) is 8.78 Å². The number of fused-ring (bicyclic) bond motifs is 1. The number of hydrogen-bond donors (Lipinski definition) is 0. The van der Waals surface area contributed by atoms with Gasteiger partial charge in [0, 0.05) is 5.56 Å². The zero-order valence-electron chi connectivity index (χ0n) is 9.28. The van der Waals surface area contributed by atoms with E-state index in [-0.39, 0.29) is 5.56 Å². The second kappa shape index (κ2) is 4.14. The fraction of sp³-hybridized carbons (Fsp3) is 0. The van der Waals surface area contributed by atoms with E-state index in [2.05, 4.69) is 11.9 Å². The molecule has 0 bridgehead atoms. The van der Waals surface area contributed by atoms with Crippen LogP contribution in [-0.2, 0) is 0 Å².